The fourth-order valence-electron chi connectivity index (χ4n) is 1.34. The Labute approximate surface area is 109 Å². The summed E-state index contributed by atoms with van der Waals surface area (Å²) in [6.45, 7) is 1.73. The van der Waals surface area contributed by atoms with Crippen LogP contribution in [-0.4, -0.2) is 29.0 Å². The predicted molar refractivity (Wildman–Crippen MR) is 69.5 cm³/mol. The standard InChI is InChI=1S/C12H14FNO3S/c1-7(6-18-2)11(15)14-10-5-8(12(16)17)3-4-9(10)13/h3-5,7H,6H2,1-2H3,(H,14,15)(H,16,17). The molecule has 0 saturated heterocycles. The van der Waals surface area contributed by atoms with E-state index in [0.29, 0.717) is 5.75 Å². The Morgan fingerprint density at radius 2 is 2.17 bits per heavy atom. The molecule has 0 heterocycles. The van der Waals surface area contributed by atoms with Crippen LogP contribution in [0.2, 0.25) is 0 Å². The number of carbonyl (C=O) groups excluding carboxylic acids is 1. The molecule has 1 aromatic rings. The number of carboxylic acid groups (broad SMARTS) is 1. The molecule has 0 saturated carbocycles. The molecule has 4 nitrogen and oxygen atoms in total. The molecule has 0 aliphatic carbocycles. The summed E-state index contributed by atoms with van der Waals surface area (Å²) in [4.78, 5) is 22.4. The Morgan fingerprint density at radius 3 is 2.72 bits per heavy atom. The lowest BCUT2D eigenvalue weighted by Crippen LogP contribution is -2.22. The zero-order chi connectivity index (χ0) is 13.7. The lowest BCUT2D eigenvalue weighted by Gasteiger charge is -2.11. The average molecular weight is 271 g/mol. The minimum absolute atomic E-state index is 0.0655. The van der Waals surface area contributed by atoms with E-state index in [4.69, 9.17) is 5.11 Å². The van der Waals surface area contributed by atoms with Crippen molar-refractivity contribution in [3.63, 3.8) is 0 Å². The molecule has 0 bridgehead atoms. The highest BCUT2D eigenvalue weighted by Crippen LogP contribution is 2.18. The van der Waals surface area contributed by atoms with Crippen molar-refractivity contribution in [2.45, 2.75) is 6.92 Å². The number of thioether (sulfide) groups is 1. The van der Waals surface area contributed by atoms with Crippen molar-refractivity contribution >= 4 is 29.3 Å². The summed E-state index contributed by atoms with van der Waals surface area (Å²) in [5, 5.41) is 11.2. The summed E-state index contributed by atoms with van der Waals surface area (Å²) in [7, 11) is 0. The Bertz CT molecular complexity index is 465. The molecule has 1 amide bonds. The van der Waals surface area contributed by atoms with Gasteiger partial charge in [0.05, 0.1) is 11.3 Å². The average Bonchev–Trinajstić information content (AvgIpc) is 2.31. The summed E-state index contributed by atoms with van der Waals surface area (Å²) in [6, 6.07) is 3.29. The maximum Gasteiger partial charge on any atom is 0.335 e. The van der Waals surface area contributed by atoms with Gasteiger partial charge in [0.2, 0.25) is 5.91 Å². The minimum Gasteiger partial charge on any atom is -0.478 e. The summed E-state index contributed by atoms with van der Waals surface area (Å²) < 4.78 is 13.4. The smallest absolute Gasteiger partial charge is 0.335 e. The van der Waals surface area contributed by atoms with Gasteiger partial charge in [-0.1, -0.05) is 6.92 Å². The molecule has 1 unspecified atom stereocenters. The summed E-state index contributed by atoms with van der Waals surface area (Å²) in [6.07, 6.45) is 1.87. The minimum atomic E-state index is -1.16. The number of aromatic carboxylic acids is 1. The number of anilines is 1. The molecule has 98 valence electrons. The van der Waals surface area contributed by atoms with Gasteiger partial charge in [-0.2, -0.15) is 11.8 Å². The van der Waals surface area contributed by atoms with E-state index in [9.17, 15) is 14.0 Å². The third kappa shape index (κ3) is 3.73. The van der Waals surface area contributed by atoms with Crippen LogP contribution in [-0.2, 0) is 4.79 Å². The molecule has 0 aromatic heterocycles. The van der Waals surface area contributed by atoms with Gasteiger partial charge in [-0.05, 0) is 24.5 Å². The van der Waals surface area contributed by atoms with Crippen LogP contribution in [0, 0.1) is 11.7 Å². The fraction of sp³-hybridized carbons (Fsp3) is 0.333. The summed E-state index contributed by atoms with van der Waals surface area (Å²) in [5.41, 5.74) is -0.169. The Morgan fingerprint density at radius 1 is 1.50 bits per heavy atom. The van der Waals surface area contributed by atoms with Crippen LogP contribution in [0.5, 0.6) is 0 Å². The van der Waals surface area contributed by atoms with Gasteiger partial charge in [-0.25, -0.2) is 9.18 Å². The molecule has 0 fully saturated rings. The third-order valence-electron chi connectivity index (χ3n) is 2.34. The second kappa shape index (κ2) is 6.39. The highest BCUT2D eigenvalue weighted by atomic mass is 32.2. The molecular formula is C12H14FNO3S. The molecule has 0 radical (unpaired) electrons. The monoisotopic (exact) mass is 271 g/mol. The van der Waals surface area contributed by atoms with Gasteiger partial charge in [-0.15, -0.1) is 0 Å². The van der Waals surface area contributed by atoms with E-state index in [1.165, 1.54) is 11.8 Å². The molecule has 1 atom stereocenters. The van der Waals surface area contributed by atoms with Crippen molar-refractivity contribution in [1.82, 2.24) is 0 Å². The van der Waals surface area contributed by atoms with Crippen LogP contribution >= 0.6 is 11.8 Å². The van der Waals surface area contributed by atoms with Crippen LogP contribution in [0.25, 0.3) is 0 Å². The second-order valence-corrected chi connectivity index (χ2v) is 4.76. The van der Waals surface area contributed by atoms with Crippen molar-refractivity contribution in [2.75, 3.05) is 17.3 Å². The van der Waals surface area contributed by atoms with Crippen LogP contribution < -0.4 is 5.32 Å². The molecule has 2 N–H and O–H groups in total. The number of amides is 1. The molecule has 0 aliphatic heterocycles. The molecule has 1 rings (SSSR count). The van der Waals surface area contributed by atoms with Gasteiger partial charge in [0, 0.05) is 11.7 Å². The first-order valence-electron chi connectivity index (χ1n) is 5.28. The van der Waals surface area contributed by atoms with Gasteiger partial charge in [0.15, 0.2) is 0 Å². The highest BCUT2D eigenvalue weighted by molar-refractivity contribution is 7.98. The number of carbonyl (C=O) groups is 2. The normalized spacial score (nSPS) is 11.9. The van der Waals surface area contributed by atoms with Gasteiger partial charge in [0.1, 0.15) is 5.82 Å². The SMILES string of the molecule is CSCC(C)C(=O)Nc1cc(C(=O)O)ccc1F. The second-order valence-electron chi connectivity index (χ2n) is 3.85. The maximum atomic E-state index is 13.4. The largest absolute Gasteiger partial charge is 0.478 e. The topological polar surface area (TPSA) is 66.4 Å². The third-order valence-corrected chi connectivity index (χ3v) is 3.17. The maximum absolute atomic E-state index is 13.4. The van der Waals surface area contributed by atoms with Crippen LogP contribution in [0.1, 0.15) is 17.3 Å². The summed E-state index contributed by atoms with van der Waals surface area (Å²) >= 11 is 1.51. The lowest BCUT2D eigenvalue weighted by atomic mass is 10.1. The first kappa shape index (κ1) is 14.5. The van der Waals surface area contributed by atoms with E-state index in [1.54, 1.807) is 6.92 Å². The number of halogens is 1. The van der Waals surface area contributed by atoms with Crippen molar-refractivity contribution < 1.29 is 19.1 Å². The van der Waals surface area contributed by atoms with Gasteiger partial charge < -0.3 is 10.4 Å². The van der Waals surface area contributed by atoms with E-state index >= 15 is 0 Å². The Kier molecular flexibility index (Phi) is 5.15. The van der Waals surface area contributed by atoms with Crippen molar-refractivity contribution in [1.29, 1.82) is 0 Å². The Balaban J connectivity index is 2.86. The first-order valence-corrected chi connectivity index (χ1v) is 6.67. The number of hydrogen-bond acceptors (Lipinski definition) is 3. The van der Waals surface area contributed by atoms with Gasteiger partial charge in [-0.3, -0.25) is 4.79 Å². The van der Waals surface area contributed by atoms with E-state index in [0.717, 1.165) is 18.2 Å². The molecule has 1 aromatic carbocycles. The number of nitrogens with one attached hydrogen (secondary N) is 1. The molecule has 6 heteroatoms. The van der Waals surface area contributed by atoms with Crippen molar-refractivity contribution in [3.05, 3.63) is 29.6 Å². The quantitative estimate of drug-likeness (QED) is 0.863. The fourth-order valence-corrected chi connectivity index (χ4v) is 1.99. The zero-order valence-corrected chi connectivity index (χ0v) is 10.9. The number of carboxylic acids is 1. The van der Waals surface area contributed by atoms with E-state index in [1.807, 2.05) is 6.26 Å². The van der Waals surface area contributed by atoms with E-state index in [-0.39, 0.29) is 23.1 Å². The first-order chi connectivity index (χ1) is 8.45. The predicted octanol–water partition coefficient (Wildman–Crippen LogP) is 2.46. The van der Waals surface area contributed by atoms with Gasteiger partial charge in [0.25, 0.3) is 0 Å². The van der Waals surface area contributed by atoms with Crippen LogP contribution in [0.3, 0.4) is 0 Å². The number of benzene rings is 1. The molecule has 18 heavy (non-hydrogen) atoms. The van der Waals surface area contributed by atoms with E-state index < -0.39 is 11.8 Å². The lowest BCUT2D eigenvalue weighted by molar-refractivity contribution is -0.118. The number of hydrogen-bond donors (Lipinski definition) is 2. The van der Waals surface area contributed by atoms with Crippen molar-refractivity contribution in [3.8, 4) is 0 Å². The highest BCUT2D eigenvalue weighted by Gasteiger charge is 2.15. The Hall–Kier alpha value is -1.56. The van der Waals surface area contributed by atoms with Gasteiger partial charge >= 0.3 is 5.97 Å². The van der Waals surface area contributed by atoms with E-state index in [2.05, 4.69) is 5.32 Å². The number of rotatable bonds is 5. The zero-order valence-electron chi connectivity index (χ0n) is 10.1. The van der Waals surface area contributed by atoms with Crippen LogP contribution in [0.4, 0.5) is 10.1 Å². The molecular weight excluding hydrogens is 257 g/mol. The summed E-state index contributed by atoms with van der Waals surface area (Å²) in [5.74, 6) is -1.79. The van der Waals surface area contributed by atoms with Crippen LogP contribution in [0.15, 0.2) is 18.2 Å². The molecule has 0 spiro atoms. The molecule has 0 aliphatic rings. The van der Waals surface area contributed by atoms with Crippen molar-refractivity contribution in [2.24, 2.45) is 5.92 Å².